The summed E-state index contributed by atoms with van der Waals surface area (Å²) in [6.45, 7) is 2.16. The maximum Gasteiger partial charge on any atom is 0.332 e. The van der Waals surface area contributed by atoms with E-state index in [9.17, 15) is 9.59 Å². The lowest BCUT2D eigenvalue weighted by molar-refractivity contribution is -0.133. The number of carboxylic acid groups (broad SMARTS) is 1. The van der Waals surface area contributed by atoms with Crippen molar-refractivity contribution in [2.75, 3.05) is 0 Å². The quantitative estimate of drug-likeness (QED) is 0.690. The number of carboxylic acids is 1. The van der Waals surface area contributed by atoms with Crippen molar-refractivity contribution >= 4 is 11.9 Å². The Morgan fingerprint density at radius 2 is 1.80 bits per heavy atom. The van der Waals surface area contributed by atoms with E-state index in [-0.39, 0.29) is 11.5 Å². The molecule has 1 amide bonds. The van der Waals surface area contributed by atoms with E-state index in [0.717, 1.165) is 31.8 Å². The molecule has 84 valence electrons. The second-order valence-electron chi connectivity index (χ2n) is 4.26. The molecule has 0 unspecified atom stereocenters. The minimum absolute atomic E-state index is 0.00815. The Balaban J connectivity index is 2.73. The van der Waals surface area contributed by atoms with E-state index < -0.39 is 11.9 Å². The molecule has 0 aromatic heterocycles. The molecule has 1 aliphatic carbocycles. The molecule has 3 N–H and O–H groups in total. The van der Waals surface area contributed by atoms with E-state index >= 15 is 0 Å². The SMILES string of the molecule is CC1CCC(C(=CC(N)=O)C(=O)O)CC1. The lowest BCUT2D eigenvalue weighted by Crippen LogP contribution is -2.21. The fraction of sp³-hybridized carbons (Fsp3) is 0.636. The molecule has 0 saturated heterocycles. The first-order valence-electron chi connectivity index (χ1n) is 5.25. The third kappa shape index (κ3) is 3.38. The molecule has 0 aromatic rings. The molecule has 15 heavy (non-hydrogen) atoms. The van der Waals surface area contributed by atoms with Gasteiger partial charge in [-0.2, -0.15) is 0 Å². The van der Waals surface area contributed by atoms with E-state index in [1.165, 1.54) is 0 Å². The molecular weight excluding hydrogens is 194 g/mol. The fourth-order valence-electron chi connectivity index (χ4n) is 2.08. The molecule has 1 aliphatic rings. The number of primary amides is 1. The number of carbonyl (C=O) groups excluding carboxylic acids is 1. The molecule has 0 aromatic carbocycles. The Morgan fingerprint density at radius 3 is 2.20 bits per heavy atom. The third-order valence-corrected chi connectivity index (χ3v) is 3.00. The zero-order valence-electron chi connectivity index (χ0n) is 8.90. The minimum Gasteiger partial charge on any atom is -0.478 e. The zero-order chi connectivity index (χ0) is 11.4. The van der Waals surface area contributed by atoms with Crippen molar-refractivity contribution in [3.8, 4) is 0 Å². The van der Waals surface area contributed by atoms with Crippen LogP contribution in [0.15, 0.2) is 11.6 Å². The first kappa shape index (κ1) is 11.8. The Hall–Kier alpha value is -1.32. The molecule has 1 fully saturated rings. The average molecular weight is 211 g/mol. The Morgan fingerprint density at radius 1 is 1.27 bits per heavy atom. The second kappa shape index (κ2) is 4.96. The summed E-state index contributed by atoms with van der Waals surface area (Å²) >= 11 is 0. The summed E-state index contributed by atoms with van der Waals surface area (Å²) in [5.41, 5.74) is 5.16. The van der Waals surface area contributed by atoms with Gasteiger partial charge in [0.25, 0.3) is 0 Å². The van der Waals surface area contributed by atoms with Gasteiger partial charge in [-0.1, -0.05) is 19.8 Å². The van der Waals surface area contributed by atoms with Crippen LogP contribution in [0, 0.1) is 11.8 Å². The predicted molar refractivity (Wildman–Crippen MR) is 56.0 cm³/mol. The Kier molecular flexibility index (Phi) is 3.88. The molecule has 4 nitrogen and oxygen atoms in total. The molecule has 0 aliphatic heterocycles. The van der Waals surface area contributed by atoms with Crippen molar-refractivity contribution < 1.29 is 14.7 Å². The molecule has 0 bridgehead atoms. The van der Waals surface area contributed by atoms with Gasteiger partial charge in [-0.05, 0) is 24.7 Å². The lowest BCUT2D eigenvalue weighted by Gasteiger charge is -2.26. The van der Waals surface area contributed by atoms with Crippen LogP contribution >= 0.6 is 0 Å². The minimum atomic E-state index is -1.02. The highest BCUT2D eigenvalue weighted by molar-refractivity contribution is 5.97. The van der Waals surface area contributed by atoms with Crippen molar-refractivity contribution in [3.63, 3.8) is 0 Å². The average Bonchev–Trinajstić information content (AvgIpc) is 2.15. The fourth-order valence-corrected chi connectivity index (χ4v) is 2.08. The van der Waals surface area contributed by atoms with Crippen molar-refractivity contribution in [3.05, 3.63) is 11.6 Å². The first-order chi connectivity index (χ1) is 7.00. The van der Waals surface area contributed by atoms with Crippen LogP contribution in [-0.2, 0) is 9.59 Å². The van der Waals surface area contributed by atoms with Crippen LogP contribution < -0.4 is 5.73 Å². The van der Waals surface area contributed by atoms with Crippen LogP contribution in [-0.4, -0.2) is 17.0 Å². The Bertz CT molecular complexity index is 288. The standard InChI is InChI=1S/C11H17NO3/c1-7-2-4-8(5-3-7)9(11(14)15)6-10(12)13/h6-8H,2-5H2,1H3,(H2,12,13)(H,14,15). The summed E-state index contributed by atoms with van der Waals surface area (Å²) in [6, 6.07) is 0. The number of carbonyl (C=O) groups is 2. The van der Waals surface area contributed by atoms with Gasteiger partial charge in [0.05, 0.1) is 0 Å². The molecule has 0 atom stereocenters. The highest BCUT2D eigenvalue weighted by Gasteiger charge is 2.25. The topological polar surface area (TPSA) is 80.4 Å². The number of hydrogen-bond donors (Lipinski definition) is 2. The van der Waals surface area contributed by atoms with Crippen molar-refractivity contribution in [2.24, 2.45) is 17.6 Å². The number of amides is 1. The van der Waals surface area contributed by atoms with Crippen LogP contribution in [0.1, 0.15) is 32.6 Å². The summed E-state index contributed by atoms with van der Waals surface area (Å²) in [4.78, 5) is 21.6. The summed E-state index contributed by atoms with van der Waals surface area (Å²) in [7, 11) is 0. The molecular formula is C11H17NO3. The number of nitrogens with two attached hydrogens (primary N) is 1. The summed E-state index contributed by atoms with van der Waals surface area (Å²) in [5, 5.41) is 8.96. The molecule has 1 saturated carbocycles. The predicted octanol–water partition coefficient (Wildman–Crippen LogP) is 1.31. The Labute approximate surface area is 89.2 Å². The number of rotatable bonds is 3. The van der Waals surface area contributed by atoms with Crippen LogP contribution in [0.3, 0.4) is 0 Å². The van der Waals surface area contributed by atoms with Gasteiger partial charge in [0.2, 0.25) is 5.91 Å². The van der Waals surface area contributed by atoms with Crippen LogP contribution in [0.5, 0.6) is 0 Å². The maximum atomic E-state index is 10.9. The van der Waals surface area contributed by atoms with Crippen molar-refractivity contribution in [2.45, 2.75) is 32.6 Å². The molecule has 0 spiro atoms. The first-order valence-corrected chi connectivity index (χ1v) is 5.25. The monoisotopic (exact) mass is 211 g/mol. The van der Waals surface area contributed by atoms with E-state index in [2.05, 4.69) is 6.92 Å². The maximum absolute atomic E-state index is 10.9. The molecule has 1 rings (SSSR count). The second-order valence-corrected chi connectivity index (χ2v) is 4.26. The van der Waals surface area contributed by atoms with Gasteiger partial charge in [-0.3, -0.25) is 4.79 Å². The van der Waals surface area contributed by atoms with E-state index in [0.29, 0.717) is 5.92 Å². The van der Waals surface area contributed by atoms with Gasteiger partial charge in [-0.25, -0.2) is 4.79 Å². The van der Waals surface area contributed by atoms with E-state index in [1.54, 1.807) is 0 Å². The zero-order valence-corrected chi connectivity index (χ0v) is 8.90. The van der Waals surface area contributed by atoms with Crippen LogP contribution in [0.25, 0.3) is 0 Å². The molecule has 0 radical (unpaired) electrons. The molecule has 0 heterocycles. The van der Waals surface area contributed by atoms with Gasteiger partial charge in [0.1, 0.15) is 0 Å². The summed E-state index contributed by atoms with van der Waals surface area (Å²) < 4.78 is 0. The highest BCUT2D eigenvalue weighted by atomic mass is 16.4. The van der Waals surface area contributed by atoms with Gasteiger partial charge in [-0.15, -0.1) is 0 Å². The normalized spacial score (nSPS) is 27.4. The van der Waals surface area contributed by atoms with Crippen LogP contribution in [0.2, 0.25) is 0 Å². The van der Waals surface area contributed by atoms with E-state index in [1.807, 2.05) is 0 Å². The molecule has 4 heteroatoms. The summed E-state index contributed by atoms with van der Waals surface area (Å²) in [6.07, 6.45) is 4.78. The van der Waals surface area contributed by atoms with Gasteiger partial charge >= 0.3 is 5.97 Å². The number of hydrogen-bond acceptors (Lipinski definition) is 2. The van der Waals surface area contributed by atoms with Gasteiger partial charge in [0.15, 0.2) is 0 Å². The highest BCUT2D eigenvalue weighted by Crippen LogP contribution is 2.32. The van der Waals surface area contributed by atoms with Crippen molar-refractivity contribution in [1.29, 1.82) is 0 Å². The smallest absolute Gasteiger partial charge is 0.332 e. The lowest BCUT2D eigenvalue weighted by atomic mass is 9.79. The van der Waals surface area contributed by atoms with Crippen LogP contribution in [0.4, 0.5) is 0 Å². The summed E-state index contributed by atoms with van der Waals surface area (Å²) in [5.74, 6) is -1.05. The van der Waals surface area contributed by atoms with E-state index in [4.69, 9.17) is 10.8 Å². The largest absolute Gasteiger partial charge is 0.478 e. The third-order valence-electron chi connectivity index (χ3n) is 3.00. The number of aliphatic carboxylic acids is 1. The van der Waals surface area contributed by atoms with Crippen molar-refractivity contribution in [1.82, 2.24) is 0 Å². The van der Waals surface area contributed by atoms with Gasteiger partial charge < -0.3 is 10.8 Å². The van der Waals surface area contributed by atoms with Gasteiger partial charge in [0, 0.05) is 11.6 Å².